The number of anilines is 2. The molecule has 106 valence electrons. The second-order valence-corrected chi connectivity index (χ2v) is 5.03. The number of carbonyl (C=O) groups excluding carboxylic acids is 1. The lowest BCUT2D eigenvalue weighted by molar-refractivity contribution is 0.0607. The summed E-state index contributed by atoms with van der Waals surface area (Å²) in [6, 6.07) is 11.3. The number of hydrogen-bond donors (Lipinski definition) is 2. The second-order valence-electron chi connectivity index (χ2n) is 3.97. The van der Waals surface area contributed by atoms with Gasteiger partial charge >= 0.3 is 5.97 Å². The second kappa shape index (κ2) is 6.81. The first-order chi connectivity index (χ1) is 9.70. The number of hydrogen-bond acceptors (Lipinski definition) is 6. The van der Waals surface area contributed by atoms with Crippen LogP contribution >= 0.6 is 11.3 Å². The highest BCUT2D eigenvalue weighted by molar-refractivity contribution is 7.18. The van der Waals surface area contributed by atoms with Crippen molar-refractivity contribution in [1.82, 2.24) is 0 Å². The first-order valence-electron chi connectivity index (χ1n) is 6.10. The van der Waals surface area contributed by atoms with Gasteiger partial charge in [-0.3, -0.25) is 0 Å². The Morgan fingerprint density at radius 2 is 2.10 bits per heavy atom. The summed E-state index contributed by atoms with van der Waals surface area (Å²) in [6.07, 6.45) is 0. The molecule has 0 saturated heterocycles. The van der Waals surface area contributed by atoms with Crippen LogP contribution in [-0.4, -0.2) is 26.2 Å². The molecule has 3 N–H and O–H groups in total. The summed E-state index contributed by atoms with van der Waals surface area (Å²) in [5.74, 6) is 0.413. The number of ether oxygens (including phenoxy) is 2. The van der Waals surface area contributed by atoms with Crippen molar-refractivity contribution in [3.63, 3.8) is 0 Å². The highest BCUT2D eigenvalue weighted by Crippen LogP contribution is 2.29. The average Bonchev–Trinajstić information content (AvgIpc) is 2.85. The van der Waals surface area contributed by atoms with Gasteiger partial charge in [0.05, 0.1) is 17.8 Å². The molecular formula is C14H16N2O3S. The van der Waals surface area contributed by atoms with Gasteiger partial charge in [-0.15, -0.1) is 11.3 Å². The monoisotopic (exact) mass is 292 g/mol. The van der Waals surface area contributed by atoms with Gasteiger partial charge in [0.15, 0.2) is 0 Å². The summed E-state index contributed by atoms with van der Waals surface area (Å²) in [6.45, 7) is 1.14. The number of nitrogens with two attached hydrogens (primary N) is 1. The smallest absolute Gasteiger partial charge is 0.350 e. The molecule has 0 bridgehead atoms. The van der Waals surface area contributed by atoms with Crippen LogP contribution in [0.4, 0.5) is 10.7 Å². The molecule has 0 atom stereocenters. The highest BCUT2D eigenvalue weighted by Gasteiger charge is 2.14. The Labute approximate surface area is 121 Å². The van der Waals surface area contributed by atoms with Gasteiger partial charge in [0.2, 0.25) is 0 Å². The van der Waals surface area contributed by atoms with E-state index in [1.165, 1.54) is 18.4 Å². The Hall–Kier alpha value is -2.21. The van der Waals surface area contributed by atoms with Crippen LogP contribution in [0.5, 0.6) is 5.75 Å². The van der Waals surface area contributed by atoms with Crippen molar-refractivity contribution < 1.29 is 14.3 Å². The van der Waals surface area contributed by atoms with Crippen LogP contribution < -0.4 is 15.8 Å². The number of nitrogens with one attached hydrogen (secondary N) is 1. The van der Waals surface area contributed by atoms with E-state index >= 15 is 0 Å². The van der Waals surface area contributed by atoms with Crippen molar-refractivity contribution in [2.45, 2.75) is 0 Å². The molecule has 6 heteroatoms. The van der Waals surface area contributed by atoms with Crippen LogP contribution in [0.1, 0.15) is 9.67 Å². The van der Waals surface area contributed by atoms with Crippen molar-refractivity contribution in [2.75, 3.05) is 31.3 Å². The Bertz CT molecular complexity index is 569. The first-order valence-corrected chi connectivity index (χ1v) is 6.91. The molecule has 0 spiro atoms. The van der Waals surface area contributed by atoms with E-state index in [2.05, 4.69) is 10.1 Å². The number of methoxy groups -OCH3 is 1. The largest absolute Gasteiger partial charge is 0.492 e. The zero-order chi connectivity index (χ0) is 14.4. The van der Waals surface area contributed by atoms with Crippen LogP contribution in [0.2, 0.25) is 0 Å². The molecule has 0 amide bonds. The zero-order valence-electron chi connectivity index (χ0n) is 11.1. The van der Waals surface area contributed by atoms with E-state index in [1.807, 2.05) is 30.3 Å². The van der Waals surface area contributed by atoms with Crippen LogP contribution in [0.15, 0.2) is 36.4 Å². The van der Waals surface area contributed by atoms with Gasteiger partial charge in [-0.05, 0) is 18.2 Å². The van der Waals surface area contributed by atoms with Crippen LogP contribution in [-0.2, 0) is 4.74 Å². The van der Waals surface area contributed by atoms with E-state index in [1.54, 1.807) is 6.07 Å². The molecule has 1 aromatic heterocycles. The average molecular weight is 292 g/mol. The molecule has 2 aromatic rings. The number of rotatable bonds is 6. The summed E-state index contributed by atoms with van der Waals surface area (Å²) >= 11 is 1.27. The van der Waals surface area contributed by atoms with Crippen molar-refractivity contribution in [2.24, 2.45) is 0 Å². The maximum absolute atomic E-state index is 11.4. The molecule has 0 aliphatic heterocycles. The number of nitrogen functional groups attached to an aromatic ring is 1. The van der Waals surface area contributed by atoms with E-state index in [-0.39, 0.29) is 0 Å². The van der Waals surface area contributed by atoms with Gasteiger partial charge in [-0.25, -0.2) is 4.79 Å². The van der Waals surface area contributed by atoms with Crippen LogP contribution in [0.3, 0.4) is 0 Å². The molecule has 0 aliphatic rings. The number of esters is 1. The molecule has 1 aromatic carbocycles. The fourth-order valence-corrected chi connectivity index (χ4v) is 2.53. The van der Waals surface area contributed by atoms with Crippen molar-refractivity contribution in [3.8, 4) is 5.75 Å². The molecule has 5 nitrogen and oxygen atoms in total. The lowest BCUT2D eigenvalue weighted by Gasteiger charge is -2.06. The lowest BCUT2D eigenvalue weighted by atomic mass is 10.3. The van der Waals surface area contributed by atoms with Gasteiger partial charge in [0, 0.05) is 6.54 Å². The summed E-state index contributed by atoms with van der Waals surface area (Å²) in [7, 11) is 1.34. The van der Waals surface area contributed by atoms with E-state index < -0.39 is 5.97 Å². The summed E-state index contributed by atoms with van der Waals surface area (Å²) in [4.78, 5) is 11.8. The van der Waals surface area contributed by atoms with E-state index in [9.17, 15) is 4.79 Å². The molecule has 0 radical (unpaired) electrons. The molecule has 2 rings (SSSR count). The van der Waals surface area contributed by atoms with Crippen molar-refractivity contribution in [1.29, 1.82) is 0 Å². The number of benzene rings is 1. The molecule has 20 heavy (non-hydrogen) atoms. The topological polar surface area (TPSA) is 73.6 Å². The first kappa shape index (κ1) is 14.2. The van der Waals surface area contributed by atoms with Gasteiger partial charge in [0.1, 0.15) is 17.2 Å². The number of para-hydroxylation sites is 1. The molecule has 0 fully saturated rings. The summed E-state index contributed by atoms with van der Waals surface area (Å²) in [5, 5.41) is 3.98. The standard InChI is InChI=1S/C14H16N2O3S/c1-18-14(17)13-11(15)9-12(20-13)16-7-8-19-10-5-3-2-4-6-10/h2-6,9,16H,7-8,15H2,1H3. The molecular weight excluding hydrogens is 276 g/mol. The molecule has 0 unspecified atom stereocenters. The third-order valence-electron chi connectivity index (χ3n) is 2.54. The van der Waals surface area contributed by atoms with E-state index in [4.69, 9.17) is 10.5 Å². The van der Waals surface area contributed by atoms with Crippen molar-refractivity contribution in [3.05, 3.63) is 41.3 Å². The maximum Gasteiger partial charge on any atom is 0.350 e. The Morgan fingerprint density at radius 3 is 2.80 bits per heavy atom. The Balaban J connectivity index is 1.81. The summed E-state index contributed by atoms with van der Waals surface area (Å²) < 4.78 is 10.2. The van der Waals surface area contributed by atoms with Gasteiger partial charge < -0.3 is 20.5 Å². The Kier molecular flexibility index (Phi) is 4.84. The van der Waals surface area contributed by atoms with Crippen molar-refractivity contribution >= 4 is 28.0 Å². The van der Waals surface area contributed by atoms with Gasteiger partial charge in [-0.2, -0.15) is 0 Å². The third-order valence-corrected chi connectivity index (χ3v) is 3.63. The Morgan fingerprint density at radius 1 is 1.35 bits per heavy atom. The van der Waals surface area contributed by atoms with E-state index in [0.717, 1.165) is 10.8 Å². The van der Waals surface area contributed by atoms with Gasteiger partial charge in [0.25, 0.3) is 0 Å². The minimum atomic E-state index is -0.416. The molecule has 0 aliphatic carbocycles. The van der Waals surface area contributed by atoms with E-state index in [0.29, 0.717) is 23.7 Å². The lowest BCUT2D eigenvalue weighted by Crippen LogP contribution is -2.10. The molecule has 0 saturated carbocycles. The fourth-order valence-electron chi connectivity index (χ4n) is 1.60. The highest BCUT2D eigenvalue weighted by atomic mass is 32.1. The third kappa shape index (κ3) is 3.64. The normalized spacial score (nSPS) is 10.1. The fraction of sp³-hybridized carbons (Fsp3) is 0.214. The molecule has 1 heterocycles. The SMILES string of the molecule is COC(=O)c1sc(NCCOc2ccccc2)cc1N. The quantitative estimate of drug-likeness (QED) is 0.632. The van der Waals surface area contributed by atoms with Gasteiger partial charge in [-0.1, -0.05) is 18.2 Å². The van der Waals surface area contributed by atoms with Crippen LogP contribution in [0, 0.1) is 0 Å². The van der Waals surface area contributed by atoms with Crippen LogP contribution in [0.25, 0.3) is 0 Å². The minimum absolute atomic E-state index is 0.416. The number of thiophene rings is 1. The predicted molar refractivity (Wildman–Crippen MR) is 80.5 cm³/mol. The zero-order valence-corrected chi connectivity index (χ0v) is 11.9. The predicted octanol–water partition coefficient (Wildman–Crippen LogP) is 2.61. The minimum Gasteiger partial charge on any atom is -0.492 e. The maximum atomic E-state index is 11.4. The number of carbonyl (C=O) groups is 1. The summed E-state index contributed by atoms with van der Waals surface area (Å²) in [5.41, 5.74) is 6.18.